The maximum Gasteiger partial charge on any atom is 0.316 e. The zero-order valence-corrected chi connectivity index (χ0v) is 9.19. The van der Waals surface area contributed by atoms with Crippen molar-refractivity contribution in [3.63, 3.8) is 0 Å². The Balaban J connectivity index is 2.01. The number of methoxy groups -OCH3 is 1. The molecule has 0 bridgehead atoms. The lowest BCUT2D eigenvalue weighted by Gasteiger charge is -2.03. The van der Waals surface area contributed by atoms with Gasteiger partial charge in [0.15, 0.2) is 17.3 Å². The number of benzene rings is 1. The van der Waals surface area contributed by atoms with Crippen LogP contribution in [0.15, 0.2) is 12.1 Å². The highest BCUT2D eigenvalue weighted by molar-refractivity contribution is 6.12. The van der Waals surface area contributed by atoms with Crippen LogP contribution in [0.4, 0.5) is 0 Å². The molecule has 0 amide bonds. The summed E-state index contributed by atoms with van der Waals surface area (Å²) in [5, 5.41) is 0. The molecular formula is C12H10O5. The third-order valence-corrected chi connectivity index (χ3v) is 3.09. The lowest BCUT2D eigenvalue weighted by atomic mass is 10.1. The molecule has 0 N–H and O–H groups in total. The molecule has 1 aliphatic heterocycles. The molecular weight excluding hydrogens is 224 g/mol. The van der Waals surface area contributed by atoms with Crippen molar-refractivity contribution in [3.8, 4) is 11.5 Å². The lowest BCUT2D eigenvalue weighted by molar-refractivity contribution is -0.143. The number of carbonyl (C=O) groups excluding carboxylic acids is 2. The first kappa shape index (κ1) is 10.1. The first-order chi connectivity index (χ1) is 8.20. The van der Waals surface area contributed by atoms with Gasteiger partial charge in [-0.1, -0.05) is 0 Å². The zero-order valence-electron chi connectivity index (χ0n) is 9.19. The number of fused-ring (bicyclic) bond motifs is 2. The van der Waals surface area contributed by atoms with E-state index in [4.69, 9.17) is 9.47 Å². The second-order valence-corrected chi connectivity index (χ2v) is 4.01. The molecule has 1 aliphatic carbocycles. The van der Waals surface area contributed by atoms with E-state index in [0.717, 1.165) is 5.56 Å². The number of ketones is 1. The number of ether oxygens (including phenoxy) is 3. The van der Waals surface area contributed by atoms with Crippen molar-refractivity contribution >= 4 is 11.8 Å². The van der Waals surface area contributed by atoms with Gasteiger partial charge in [-0.2, -0.15) is 0 Å². The van der Waals surface area contributed by atoms with Gasteiger partial charge in [0.2, 0.25) is 6.79 Å². The molecule has 0 saturated carbocycles. The van der Waals surface area contributed by atoms with Gasteiger partial charge in [-0.3, -0.25) is 9.59 Å². The van der Waals surface area contributed by atoms with Gasteiger partial charge in [0.25, 0.3) is 0 Å². The Morgan fingerprint density at radius 3 is 2.76 bits per heavy atom. The average Bonchev–Trinajstić information content (AvgIpc) is 2.91. The Morgan fingerprint density at radius 1 is 1.35 bits per heavy atom. The molecule has 88 valence electrons. The molecule has 1 aromatic carbocycles. The Kier molecular flexibility index (Phi) is 2.07. The number of carbonyl (C=O) groups is 2. The molecule has 5 heteroatoms. The third kappa shape index (κ3) is 1.39. The van der Waals surface area contributed by atoms with Crippen LogP contribution >= 0.6 is 0 Å². The first-order valence-corrected chi connectivity index (χ1v) is 5.25. The summed E-state index contributed by atoms with van der Waals surface area (Å²) >= 11 is 0. The summed E-state index contributed by atoms with van der Waals surface area (Å²) in [7, 11) is 1.28. The van der Waals surface area contributed by atoms with Crippen molar-refractivity contribution in [1.29, 1.82) is 0 Å². The fraction of sp³-hybridized carbons (Fsp3) is 0.333. The smallest absolute Gasteiger partial charge is 0.316 e. The molecule has 17 heavy (non-hydrogen) atoms. The Hall–Kier alpha value is -2.04. The van der Waals surface area contributed by atoms with Crippen molar-refractivity contribution in [2.75, 3.05) is 13.9 Å². The minimum atomic E-state index is -0.725. The van der Waals surface area contributed by atoms with Crippen molar-refractivity contribution in [2.24, 2.45) is 5.92 Å². The van der Waals surface area contributed by atoms with Crippen molar-refractivity contribution in [3.05, 3.63) is 23.3 Å². The van der Waals surface area contributed by atoms with Crippen LogP contribution in [0.3, 0.4) is 0 Å². The van der Waals surface area contributed by atoms with Crippen LogP contribution in [0.5, 0.6) is 11.5 Å². The van der Waals surface area contributed by atoms with Gasteiger partial charge in [0.1, 0.15) is 5.92 Å². The van der Waals surface area contributed by atoms with E-state index in [2.05, 4.69) is 4.74 Å². The standard InChI is InChI=1S/C12H10O5/c1-15-12(14)8-2-6-3-9-10(17-5-16-9)4-7(6)11(8)13/h3-4,8H,2,5H2,1H3. The monoisotopic (exact) mass is 234 g/mol. The maximum absolute atomic E-state index is 12.0. The van der Waals surface area contributed by atoms with Crippen LogP contribution in [-0.2, 0) is 16.0 Å². The van der Waals surface area contributed by atoms with E-state index in [1.165, 1.54) is 7.11 Å². The van der Waals surface area contributed by atoms with Crippen molar-refractivity contribution in [1.82, 2.24) is 0 Å². The minimum absolute atomic E-state index is 0.173. The van der Waals surface area contributed by atoms with E-state index in [-0.39, 0.29) is 12.6 Å². The van der Waals surface area contributed by atoms with E-state index in [9.17, 15) is 9.59 Å². The summed E-state index contributed by atoms with van der Waals surface area (Å²) in [6.07, 6.45) is 0.373. The van der Waals surface area contributed by atoms with E-state index in [0.29, 0.717) is 23.5 Å². The third-order valence-electron chi connectivity index (χ3n) is 3.09. The molecule has 1 aromatic rings. The SMILES string of the molecule is COC(=O)C1Cc2cc3c(cc2C1=O)OCO3. The van der Waals surface area contributed by atoms with E-state index in [1.807, 2.05) is 0 Å². The molecule has 1 unspecified atom stereocenters. The first-order valence-electron chi connectivity index (χ1n) is 5.25. The number of rotatable bonds is 1. The van der Waals surface area contributed by atoms with Crippen molar-refractivity contribution in [2.45, 2.75) is 6.42 Å². The summed E-state index contributed by atoms with van der Waals surface area (Å²) < 4.78 is 15.0. The van der Waals surface area contributed by atoms with E-state index >= 15 is 0 Å². The van der Waals surface area contributed by atoms with Crippen LogP contribution < -0.4 is 9.47 Å². The van der Waals surface area contributed by atoms with Crippen LogP contribution in [0.25, 0.3) is 0 Å². The predicted molar refractivity (Wildman–Crippen MR) is 56.1 cm³/mol. The molecule has 1 atom stereocenters. The summed E-state index contributed by atoms with van der Waals surface area (Å²) in [5.41, 5.74) is 1.35. The van der Waals surface area contributed by atoms with E-state index < -0.39 is 11.9 Å². The molecule has 5 nitrogen and oxygen atoms in total. The van der Waals surface area contributed by atoms with Gasteiger partial charge in [-0.15, -0.1) is 0 Å². The van der Waals surface area contributed by atoms with E-state index in [1.54, 1.807) is 12.1 Å². The van der Waals surface area contributed by atoms with Gasteiger partial charge in [-0.25, -0.2) is 0 Å². The second-order valence-electron chi connectivity index (χ2n) is 4.01. The van der Waals surface area contributed by atoms with Gasteiger partial charge in [0.05, 0.1) is 7.11 Å². The molecule has 0 spiro atoms. The Bertz CT molecular complexity index is 520. The topological polar surface area (TPSA) is 61.8 Å². The zero-order chi connectivity index (χ0) is 12.0. The largest absolute Gasteiger partial charge is 0.468 e. The summed E-state index contributed by atoms with van der Waals surface area (Å²) in [4.78, 5) is 23.4. The number of esters is 1. The quantitative estimate of drug-likeness (QED) is 0.534. The normalized spacial score (nSPS) is 20.3. The summed E-state index contributed by atoms with van der Waals surface area (Å²) in [6, 6.07) is 3.40. The highest BCUT2D eigenvalue weighted by atomic mass is 16.7. The minimum Gasteiger partial charge on any atom is -0.468 e. The Morgan fingerprint density at radius 2 is 2.06 bits per heavy atom. The number of hydrogen-bond acceptors (Lipinski definition) is 5. The summed E-state index contributed by atoms with van der Waals surface area (Å²) in [5.74, 6) is -0.236. The van der Waals surface area contributed by atoms with Gasteiger partial charge in [-0.05, 0) is 24.1 Å². The van der Waals surface area contributed by atoms with Crippen LogP contribution in [-0.4, -0.2) is 25.7 Å². The van der Waals surface area contributed by atoms with Crippen LogP contribution in [0, 0.1) is 5.92 Å². The molecule has 1 heterocycles. The fourth-order valence-electron chi connectivity index (χ4n) is 2.22. The van der Waals surface area contributed by atoms with Crippen LogP contribution in [0.1, 0.15) is 15.9 Å². The average molecular weight is 234 g/mol. The molecule has 2 aliphatic rings. The van der Waals surface area contributed by atoms with Gasteiger partial charge >= 0.3 is 5.97 Å². The highest BCUT2D eigenvalue weighted by Crippen LogP contribution is 2.39. The van der Waals surface area contributed by atoms with Crippen LogP contribution in [0.2, 0.25) is 0 Å². The molecule has 0 radical (unpaired) electrons. The Labute approximate surface area is 97.3 Å². The predicted octanol–water partition coefficient (Wildman–Crippen LogP) is 0.943. The lowest BCUT2D eigenvalue weighted by Crippen LogP contribution is -2.21. The fourth-order valence-corrected chi connectivity index (χ4v) is 2.22. The number of Topliss-reactive ketones (excluding diaryl/α,β-unsaturated/α-hetero) is 1. The number of hydrogen-bond donors (Lipinski definition) is 0. The summed E-state index contributed by atoms with van der Waals surface area (Å²) in [6.45, 7) is 0.173. The molecule has 0 aromatic heterocycles. The molecule has 3 rings (SSSR count). The van der Waals surface area contributed by atoms with Gasteiger partial charge in [0, 0.05) is 5.56 Å². The molecule has 0 saturated heterocycles. The highest BCUT2D eigenvalue weighted by Gasteiger charge is 2.38. The molecule has 0 fully saturated rings. The second kappa shape index (κ2) is 3.48. The maximum atomic E-state index is 12.0. The van der Waals surface area contributed by atoms with Crippen molar-refractivity contribution < 1.29 is 23.8 Å². The van der Waals surface area contributed by atoms with Gasteiger partial charge < -0.3 is 14.2 Å².